The van der Waals surface area contributed by atoms with Gasteiger partial charge in [0.25, 0.3) is 0 Å². The van der Waals surface area contributed by atoms with Gasteiger partial charge in [0.05, 0.1) is 0 Å². The third kappa shape index (κ3) is 1.28. The second-order valence-corrected chi connectivity index (χ2v) is 4.08. The molecule has 0 unspecified atom stereocenters. The monoisotopic (exact) mass is 167 g/mol. The molecule has 68 valence electrons. The Hall–Kier alpha value is -0.370. The largest absolute Gasteiger partial charge is 0.302 e. The van der Waals surface area contributed by atoms with Crippen LogP contribution < -0.4 is 0 Å². The first kappa shape index (κ1) is 8.24. The van der Waals surface area contributed by atoms with E-state index in [4.69, 9.17) is 0 Å². The molecule has 1 saturated heterocycles. The lowest BCUT2D eigenvalue weighted by Crippen LogP contribution is -2.48. The molecule has 2 atom stereocenters. The number of ketones is 1. The van der Waals surface area contributed by atoms with Crippen LogP contribution in [0.5, 0.6) is 0 Å². The van der Waals surface area contributed by atoms with Crippen LogP contribution in [0.15, 0.2) is 0 Å². The summed E-state index contributed by atoms with van der Waals surface area (Å²) in [5.41, 5.74) is 0. The zero-order chi connectivity index (χ0) is 8.55. The Morgan fingerprint density at radius 2 is 1.92 bits per heavy atom. The number of hydrogen-bond donors (Lipinski definition) is 0. The lowest BCUT2D eigenvalue weighted by atomic mass is 9.77. The maximum atomic E-state index is 11.6. The molecule has 2 heteroatoms. The number of Topliss-reactive ketones (excluding diaryl/α,β-unsaturated/α-hetero) is 1. The maximum Gasteiger partial charge on any atom is 0.141 e. The van der Waals surface area contributed by atoms with Crippen LogP contribution in [-0.4, -0.2) is 30.3 Å². The Kier molecular flexibility index (Phi) is 2.18. The van der Waals surface area contributed by atoms with Gasteiger partial charge in [0, 0.05) is 24.9 Å². The maximum absolute atomic E-state index is 11.6. The van der Waals surface area contributed by atoms with E-state index in [1.165, 1.54) is 6.42 Å². The third-order valence-corrected chi connectivity index (χ3v) is 3.31. The van der Waals surface area contributed by atoms with Crippen molar-refractivity contribution in [2.75, 3.05) is 19.6 Å². The number of likely N-dealkylation sites (tertiary alicyclic amines) is 1. The molecule has 0 N–H and O–H groups in total. The fourth-order valence-corrected chi connectivity index (χ4v) is 2.55. The highest BCUT2D eigenvalue weighted by Gasteiger charge is 2.36. The predicted octanol–water partition coefficient (Wildman–Crippen LogP) is 1.31. The molecule has 0 radical (unpaired) electrons. The van der Waals surface area contributed by atoms with Crippen molar-refractivity contribution in [3.8, 4) is 0 Å². The van der Waals surface area contributed by atoms with Crippen LogP contribution in [0.2, 0.25) is 0 Å². The summed E-state index contributed by atoms with van der Waals surface area (Å²) < 4.78 is 0. The molecule has 2 nitrogen and oxygen atoms in total. The van der Waals surface area contributed by atoms with Gasteiger partial charge in [-0.15, -0.1) is 0 Å². The zero-order valence-corrected chi connectivity index (χ0v) is 7.75. The average Bonchev–Trinajstić information content (AvgIpc) is 2.04. The topological polar surface area (TPSA) is 20.3 Å². The lowest BCUT2D eigenvalue weighted by molar-refractivity contribution is -0.134. The second kappa shape index (κ2) is 3.17. The lowest BCUT2D eigenvalue weighted by Gasteiger charge is -2.39. The van der Waals surface area contributed by atoms with Gasteiger partial charge >= 0.3 is 0 Å². The summed E-state index contributed by atoms with van der Waals surface area (Å²) in [4.78, 5) is 14.1. The van der Waals surface area contributed by atoms with Gasteiger partial charge in [0.2, 0.25) is 0 Å². The molecule has 0 amide bonds. The predicted molar refractivity (Wildman–Crippen MR) is 48.0 cm³/mol. The summed E-state index contributed by atoms with van der Waals surface area (Å²) >= 11 is 0. The normalized spacial score (nSPS) is 36.9. The standard InChI is InChI=1S/C10H17NO/c1-2-11-6-8-4-3-5-9(7-11)10(8)12/h8-9H,2-7H2,1H3/t8-,9-/m1/s1. The fourth-order valence-electron chi connectivity index (χ4n) is 2.55. The molecule has 0 aromatic heterocycles. The first-order chi connectivity index (χ1) is 5.81. The van der Waals surface area contributed by atoms with Crippen LogP contribution >= 0.6 is 0 Å². The van der Waals surface area contributed by atoms with E-state index in [0.717, 1.165) is 32.5 Å². The molecule has 2 rings (SSSR count). The van der Waals surface area contributed by atoms with Crippen LogP contribution in [-0.2, 0) is 4.79 Å². The summed E-state index contributed by atoms with van der Waals surface area (Å²) in [6, 6.07) is 0. The van der Waals surface area contributed by atoms with Crippen molar-refractivity contribution < 1.29 is 4.79 Å². The van der Waals surface area contributed by atoms with E-state index >= 15 is 0 Å². The van der Waals surface area contributed by atoms with Gasteiger partial charge in [0.15, 0.2) is 0 Å². The average molecular weight is 167 g/mol. The van der Waals surface area contributed by atoms with Gasteiger partial charge in [-0.25, -0.2) is 0 Å². The van der Waals surface area contributed by atoms with Crippen LogP contribution in [0.1, 0.15) is 26.2 Å². The number of hydrogen-bond acceptors (Lipinski definition) is 2. The van der Waals surface area contributed by atoms with Crippen LogP contribution in [0.25, 0.3) is 0 Å². The molecule has 12 heavy (non-hydrogen) atoms. The van der Waals surface area contributed by atoms with E-state index < -0.39 is 0 Å². The molecule has 1 saturated carbocycles. The molecule has 0 aromatic carbocycles. The number of carbonyl (C=O) groups is 1. The highest BCUT2D eigenvalue weighted by atomic mass is 16.1. The molecule has 0 spiro atoms. The summed E-state index contributed by atoms with van der Waals surface area (Å²) in [6.07, 6.45) is 3.57. The Balaban J connectivity index is 2.07. The highest BCUT2D eigenvalue weighted by Crippen LogP contribution is 2.31. The number of nitrogens with zero attached hydrogens (tertiary/aromatic N) is 1. The van der Waals surface area contributed by atoms with E-state index in [-0.39, 0.29) is 0 Å². The molecule has 1 aliphatic heterocycles. The SMILES string of the molecule is CCN1C[C@H]2CCC[C@H](C1)C2=O. The summed E-state index contributed by atoms with van der Waals surface area (Å²) in [7, 11) is 0. The second-order valence-electron chi connectivity index (χ2n) is 4.08. The molecule has 2 aliphatic rings. The number of fused-ring (bicyclic) bond motifs is 2. The minimum absolute atomic E-state index is 0.387. The van der Waals surface area contributed by atoms with Crippen LogP contribution in [0.4, 0.5) is 0 Å². The van der Waals surface area contributed by atoms with Crippen molar-refractivity contribution in [1.82, 2.24) is 4.90 Å². The van der Waals surface area contributed by atoms with Crippen LogP contribution in [0, 0.1) is 11.8 Å². The minimum atomic E-state index is 0.387. The van der Waals surface area contributed by atoms with Crippen molar-refractivity contribution in [2.24, 2.45) is 11.8 Å². The molecule has 0 aromatic rings. The van der Waals surface area contributed by atoms with E-state index in [0.29, 0.717) is 17.6 Å². The minimum Gasteiger partial charge on any atom is -0.302 e. The van der Waals surface area contributed by atoms with Gasteiger partial charge in [-0.3, -0.25) is 4.79 Å². The third-order valence-electron chi connectivity index (χ3n) is 3.31. The van der Waals surface area contributed by atoms with Gasteiger partial charge in [0.1, 0.15) is 5.78 Å². The molecule has 1 aliphatic carbocycles. The Labute approximate surface area is 73.9 Å². The van der Waals surface area contributed by atoms with Crippen molar-refractivity contribution in [2.45, 2.75) is 26.2 Å². The summed E-state index contributed by atoms with van der Waals surface area (Å²) in [5, 5.41) is 0. The van der Waals surface area contributed by atoms with Crippen molar-refractivity contribution in [1.29, 1.82) is 0 Å². The summed E-state index contributed by atoms with van der Waals surface area (Å²) in [6.45, 7) is 5.36. The smallest absolute Gasteiger partial charge is 0.141 e. The van der Waals surface area contributed by atoms with Crippen molar-refractivity contribution >= 4 is 5.78 Å². The number of rotatable bonds is 1. The van der Waals surface area contributed by atoms with Crippen LogP contribution in [0.3, 0.4) is 0 Å². The number of carbonyl (C=O) groups excluding carboxylic acids is 1. The summed E-state index contributed by atoms with van der Waals surface area (Å²) in [5.74, 6) is 1.33. The Morgan fingerprint density at radius 3 is 2.42 bits per heavy atom. The van der Waals surface area contributed by atoms with Gasteiger partial charge in [-0.1, -0.05) is 13.3 Å². The van der Waals surface area contributed by atoms with E-state index in [1.54, 1.807) is 0 Å². The van der Waals surface area contributed by atoms with Gasteiger partial charge in [-0.05, 0) is 19.4 Å². The first-order valence-electron chi connectivity index (χ1n) is 5.07. The molecular weight excluding hydrogens is 150 g/mol. The number of piperidine rings is 1. The van der Waals surface area contributed by atoms with Crippen molar-refractivity contribution in [3.63, 3.8) is 0 Å². The van der Waals surface area contributed by atoms with Gasteiger partial charge in [-0.2, -0.15) is 0 Å². The van der Waals surface area contributed by atoms with E-state index in [1.807, 2.05) is 0 Å². The quantitative estimate of drug-likeness (QED) is 0.587. The highest BCUT2D eigenvalue weighted by molar-refractivity contribution is 5.85. The molecule has 1 heterocycles. The van der Waals surface area contributed by atoms with Crippen molar-refractivity contribution in [3.05, 3.63) is 0 Å². The Bertz CT molecular complexity index is 174. The van der Waals surface area contributed by atoms with E-state index in [2.05, 4.69) is 11.8 Å². The zero-order valence-electron chi connectivity index (χ0n) is 7.75. The van der Waals surface area contributed by atoms with Gasteiger partial charge < -0.3 is 4.90 Å². The molecular formula is C10H17NO. The fraction of sp³-hybridized carbons (Fsp3) is 0.900. The first-order valence-corrected chi connectivity index (χ1v) is 5.07. The molecule has 2 bridgehead atoms. The van der Waals surface area contributed by atoms with E-state index in [9.17, 15) is 4.79 Å². The molecule has 2 fully saturated rings. The Morgan fingerprint density at radius 1 is 1.33 bits per heavy atom.